The molecule has 0 aliphatic carbocycles. The quantitative estimate of drug-likeness (QED) is 0.501. The van der Waals surface area contributed by atoms with Crippen LogP contribution < -0.4 is 9.47 Å². The summed E-state index contributed by atoms with van der Waals surface area (Å²) in [6, 6.07) is 13.0. The van der Waals surface area contributed by atoms with Crippen LogP contribution in [0.25, 0.3) is 0 Å². The van der Waals surface area contributed by atoms with E-state index in [4.69, 9.17) is 19.1 Å². The molecule has 9 heteroatoms. The van der Waals surface area contributed by atoms with E-state index in [9.17, 15) is 18.0 Å². The van der Waals surface area contributed by atoms with E-state index in [0.29, 0.717) is 17.2 Å². The predicted octanol–water partition coefficient (Wildman–Crippen LogP) is 5.15. The van der Waals surface area contributed by atoms with Gasteiger partial charge in [-0.3, -0.25) is 4.79 Å². The molecule has 0 saturated heterocycles. The van der Waals surface area contributed by atoms with Crippen molar-refractivity contribution in [2.24, 2.45) is 0 Å². The van der Waals surface area contributed by atoms with Crippen LogP contribution in [0.5, 0.6) is 11.5 Å². The molecule has 0 aliphatic rings. The number of aliphatic carboxylic acids is 1. The van der Waals surface area contributed by atoms with Crippen molar-refractivity contribution in [3.05, 3.63) is 77.7 Å². The summed E-state index contributed by atoms with van der Waals surface area (Å²) in [6.07, 6.45) is -3.55. The molecule has 31 heavy (non-hydrogen) atoms. The van der Waals surface area contributed by atoms with Crippen molar-refractivity contribution >= 4 is 5.97 Å². The van der Waals surface area contributed by atoms with E-state index in [2.05, 4.69) is 5.16 Å². The highest BCUT2D eigenvalue weighted by Crippen LogP contribution is 2.31. The summed E-state index contributed by atoms with van der Waals surface area (Å²) in [6.45, 7) is 1.90. The van der Waals surface area contributed by atoms with Crippen molar-refractivity contribution in [1.82, 2.24) is 5.16 Å². The SMILES string of the molecule is CC(COc1ccc(C(CC(=O)O)c2ccon2)cc1)Oc1ccc(C(F)(F)F)cc1. The zero-order valence-corrected chi connectivity index (χ0v) is 16.5. The normalized spacial score (nSPS) is 13.4. The van der Waals surface area contributed by atoms with Gasteiger partial charge in [-0.15, -0.1) is 0 Å². The molecule has 1 N–H and O–H groups in total. The molecule has 2 aromatic carbocycles. The molecule has 1 aromatic heterocycles. The Labute approximate surface area is 176 Å². The first kappa shape index (κ1) is 22.2. The Morgan fingerprint density at radius 1 is 1.06 bits per heavy atom. The van der Waals surface area contributed by atoms with Crippen LogP contribution in [0.3, 0.4) is 0 Å². The number of nitrogens with zero attached hydrogens (tertiary/aromatic N) is 1. The zero-order chi connectivity index (χ0) is 22.4. The van der Waals surface area contributed by atoms with Crippen LogP contribution in [0, 0.1) is 0 Å². The fourth-order valence-electron chi connectivity index (χ4n) is 2.97. The Morgan fingerprint density at radius 3 is 2.26 bits per heavy atom. The van der Waals surface area contributed by atoms with Crippen LogP contribution in [0.4, 0.5) is 13.2 Å². The van der Waals surface area contributed by atoms with Gasteiger partial charge in [0, 0.05) is 12.0 Å². The zero-order valence-electron chi connectivity index (χ0n) is 16.5. The molecule has 3 aromatic rings. The standard InChI is InChI=1S/C22H20F3NO5/c1-14(31-18-8-4-16(5-9-18)22(23,24)25)13-29-17-6-2-15(3-7-17)19(12-21(27)28)20-10-11-30-26-20/h2-11,14,19H,12-13H2,1H3,(H,27,28). The van der Waals surface area contributed by atoms with E-state index in [1.54, 1.807) is 37.3 Å². The van der Waals surface area contributed by atoms with Gasteiger partial charge in [-0.1, -0.05) is 17.3 Å². The van der Waals surface area contributed by atoms with Crippen molar-refractivity contribution in [2.75, 3.05) is 6.61 Å². The Bertz CT molecular complexity index is 970. The van der Waals surface area contributed by atoms with Gasteiger partial charge in [-0.25, -0.2) is 0 Å². The maximum atomic E-state index is 12.6. The first-order chi connectivity index (χ1) is 14.7. The topological polar surface area (TPSA) is 81.8 Å². The minimum Gasteiger partial charge on any atom is -0.490 e. The van der Waals surface area contributed by atoms with Crippen LogP contribution in [0.15, 0.2) is 65.4 Å². The summed E-state index contributed by atoms with van der Waals surface area (Å²) in [7, 11) is 0. The molecule has 1 heterocycles. The molecular weight excluding hydrogens is 415 g/mol. The molecule has 2 unspecified atom stereocenters. The largest absolute Gasteiger partial charge is 0.490 e. The van der Waals surface area contributed by atoms with Gasteiger partial charge in [-0.2, -0.15) is 13.2 Å². The van der Waals surface area contributed by atoms with Gasteiger partial charge in [-0.05, 0) is 48.9 Å². The van der Waals surface area contributed by atoms with Crippen molar-refractivity contribution < 1.29 is 37.1 Å². The molecule has 6 nitrogen and oxygen atoms in total. The summed E-state index contributed by atoms with van der Waals surface area (Å²) in [5.41, 5.74) is 0.531. The minimum absolute atomic E-state index is 0.134. The van der Waals surface area contributed by atoms with Crippen LogP contribution in [0.1, 0.15) is 36.1 Å². The van der Waals surface area contributed by atoms with Crippen molar-refractivity contribution in [2.45, 2.75) is 31.5 Å². The highest BCUT2D eigenvalue weighted by molar-refractivity contribution is 5.68. The van der Waals surface area contributed by atoms with Gasteiger partial charge in [0.05, 0.1) is 17.7 Å². The van der Waals surface area contributed by atoms with E-state index in [1.807, 2.05) is 0 Å². The second-order valence-corrected chi connectivity index (χ2v) is 6.91. The van der Waals surface area contributed by atoms with Gasteiger partial charge in [0.2, 0.25) is 0 Å². The lowest BCUT2D eigenvalue weighted by Crippen LogP contribution is -2.21. The number of alkyl halides is 3. The molecule has 0 fully saturated rings. The highest BCUT2D eigenvalue weighted by Gasteiger charge is 2.30. The third-order valence-corrected chi connectivity index (χ3v) is 4.48. The number of aromatic nitrogens is 1. The molecule has 0 aliphatic heterocycles. The lowest BCUT2D eigenvalue weighted by molar-refractivity contribution is -0.138. The number of carboxylic acids is 1. The molecule has 164 valence electrons. The average Bonchev–Trinajstić information content (AvgIpc) is 3.25. The third kappa shape index (κ3) is 6.24. The Balaban J connectivity index is 1.56. The van der Waals surface area contributed by atoms with Crippen LogP contribution >= 0.6 is 0 Å². The van der Waals surface area contributed by atoms with Gasteiger partial charge < -0.3 is 19.1 Å². The summed E-state index contributed by atoms with van der Waals surface area (Å²) in [5, 5.41) is 13.0. The summed E-state index contributed by atoms with van der Waals surface area (Å²) >= 11 is 0. The minimum atomic E-state index is -4.39. The molecule has 0 radical (unpaired) electrons. The molecule has 3 rings (SSSR count). The van der Waals surface area contributed by atoms with E-state index >= 15 is 0 Å². The van der Waals surface area contributed by atoms with E-state index in [1.165, 1.54) is 18.4 Å². The fraction of sp³-hybridized carbons (Fsp3) is 0.273. The Hall–Kier alpha value is -3.49. The first-order valence-corrected chi connectivity index (χ1v) is 9.41. The smallest absolute Gasteiger partial charge is 0.416 e. The Kier molecular flexibility index (Phi) is 6.84. The lowest BCUT2D eigenvalue weighted by atomic mass is 9.92. The second kappa shape index (κ2) is 9.55. The van der Waals surface area contributed by atoms with Gasteiger partial charge in [0.25, 0.3) is 0 Å². The van der Waals surface area contributed by atoms with Crippen molar-refractivity contribution in [3.63, 3.8) is 0 Å². The van der Waals surface area contributed by atoms with Crippen molar-refractivity contribution in [1.29, 1.82) is 0 Å². The monoisotopic (exact) mass is 435 g/mol. The maximum Gasteiger partial charge on any atom is 0.416 e. The second-order valence-electron chi connectivity index (χ2n) is 6.91. The number of rotatable bonds is 9. The van der Waals surface area contributed by atoms with Crippen LogP contribution in [-0.4, -0.2) is 28.9 Å². The summed E-state index contributed by atoms with van der Waals surface area (Å²) in [4.78, 5) is 11.2. The van der Waals surface area contributed by atoms with Gasteiger partial charge in [0.1, 0.15) is 30.5 Å². The number of halogens is 3. The molecule has 0 spiro atoms. The molecular formula is C22H20F3NO5. The molecule has 0 saturated carbocycles. The number of hydrogen-bond acceptors (Lipinski definition) is 5. The van der Waals surface area contributed by atoms with E-state index in [-0.39, 0.29) is 13.0 Å². The number of carbonyl (C=O) groups is 1. The summed E-state index contributed by atoms with van der Waals surface area (Å²) in [5.74, 6) is -0.556. The number of benzene rings is 2. The number of ether oxygens (including phenoxy) is 2. The molecule has 0 bridgehead atoms. The predicted molar refractivity (Wildman–Crippen MR) is 104 cm³/mol. The lowest BCUT2D eigenvalue weighted by Gasteiger charge is -2.17. The first-order valence-electron chi connectivity index (χ1n) is 9.41. The average molecular weight is 435 g/mol. The number of carboxylic acid groups (broad SMARTS) is 1. The third-order valence-electron chi connectivity index (χ3n) is 4.48. The Morgan fingerprint density at radius 2 is 1.71 bits per heavy atom. The van der Waals surface area contributed by atoms with Crippen molar-refractivity contribution in [3.8, 4) is 11.5 Å². The maximum absolute atomic E-state index is 12.6. The molecule has 2 atom stereocenters. The summed E-state index contributed by atoms with van der Waals surface area (Å²) < 4.78 is 53.9. The van der Waals surface area contributed by atoms with Crippen LogP contribution in [0.2, 0.25) is 0 Å². The number of hydrogen-bond donors (Lipinski definition) is 1. The highest BCUT2D eigenvalue weighted by atomic mass is 19.4. The van der Waals surface area contributed by atoms with Gasteiger partial charge in [0.15, 0.2) is 0 Å². The fourth-order valence-corrected chi connectivity index (χ4v) is 2.97. The van der Waals surface area contributed by atoms with Gasteiger partial charge >= 0.3 is 12.1 Å². The van der Waals surface area contributed by atoms with E-state index in [0.717, 1.165) is 17.7 Å². The molecule has 0 amide bonds. The van der Waals surface area contributed by atoms with E-state index < -0.39 is 29.7 Å². The van der Waals surface area contributed by atoms with Crippen LogP contribution in [-0.2, 0) is 11.0 Å².